The van der Waals surface area contributed by atoms with E-state index in [1.165, 1.54) is 11.3 Å². The van der Waals surface area contributed by atoms with Crippen molar-refractivity contribution in [1.29, 1.82) is 0 Å². The summed E-state index contributed by atoms with van der Waals surface area (Å²) in [5.41, 5.74) is 0.874. The molecule has 0 atom stereocenters. The largest absolute Gasteiger partial charge is 0.378 e. The minimum Gasteiger partial charge on any atom is -0.378 e. The fraction of sp³-hybridized carbons (Fsp3) is 0.444. The van der Waals surface area contributed by atoms with Crippen molar-refractivity contribution in [3.05, 3.63) is 10.4 Å². The second-order valence-corrected chi connectivity index (χ2v) is 4.92. The molecule has 5 nitrogen and oxygen atoms in total. The first-order valence-corrected chi connectivity index (χ1v) is 6.54. The van der Waals surface area contributed by atoms with Gasteiger partial charge in [0.2, 0.25) is 5.13 Å². The summed E-state index contributed by atoms with van der Waals surface area (Å²) in [5, 5.41) is 15.8. The molecule has 0 unspecified atom stereocenters. The van der Waals surface area contributed by atoms with Crippen molar-refractivity contribution in [3.8, 4) is 10.7 Å². The van der Waals surface area contributed by atoms with Crippen LogP contribution in [0.2, 0.25) is 0 Å². The summed E-state index contributed by atoms with van der Waals surface area (Å²) in [7, 11) is 1.66. The fourth-order valence-corrected chi connectivity index (χ4v) is 2.74. The van der Waals surface area contributed by atoms with Crippen LogP contribution in [0.1, 0.15) is 11.9 Å². The first-order chi connectivity index (χ1) is 7.83. The quantitative estimate of drug-likeness (QED) is 0.889. The van der Waals surface area contributed by atoms with Gasteiger partial charge in [-0.3, -0.25) is 0 Å². The van der Waals surface area contributed by atoms with Crippen molar-refractivity contribution in [2.75, 3.05) is 19.0 Å². The molecule has 0 amide bonds. The highest BCUT2D eigenvalue weighted by molar-refractivity contribution is 7.18. The molecule has 86 valence electrons. The van der Waals surface area contributed by atoms with Gasteiger partial charge in [0.05, 0.1) is 6.61 Å². The zero-order chi connectivity index (χ0) is 11.4. The summed E-state index contributed by atoms with van der Waals surface area (Å²) < 4.78 is 5.02. The molecule has 0 spiro atoms. The maximum absolute atomic E-state index is 5.02. The number of hydrogen-bond donors (Lipinski definition) is 1. The smallest absolute Gasteiger partial charge is 0.206 e. The van der Waals surface area contributed by atoms with Crippen LogP contribution in [0.4, 0.5) is 5.13 Å². The van der Waals surface area contributed by atoms with Gasteiger partial charge in [-0.2, -0.15) is 0 Å². The van der Waals surface area contributed by atoms with Crippen LogP contribution in [0, 0.1) is 0 Å². The SMILES string of the molecule is CCNc1nnc(-c2csc(COC)n2)s1. The molecule has 7 heteroatoms. The molecule has 2 heterocycles. The number of thiazole rings is 1. The number of methoxy groups -OCH3 is 1. The maximum atomic E-state index is 5.02. The average Bonchev–Trinajstić information content (AvgIpc) is 2.87. The Labute approximate surface area is 102 Å². The Hall–Kier alpha value is -1.05. The molecule has 0 saturated heterocycles. The molecule has 0 radical (unpaired) electrons. The second kappa shape index (κ2) is 5.33. The summed E-state index contributed by atoms with van der Waals surface area (Å²) in [6, 6.07) is 0. The molecular weight excluding hydrogens is 244 g/mol. The van der Waals surface area contributed by atoms with E-state index in [1.54, 1.807) is 18.4 Å². The van der Waals surface area contributed by atoms with Crippen LogP contribution in [0.5, 0.6) is 0 Å². The number of nitrogens with zero attached hydrogens (tertiary/aromatic N) is 3. The van der Waals surface area contributed by atoms with E-state index in [0.29, 0.717) is 6.61 Å². The molecule has 2 aromatic heterocycles. The van der Waals surface area contributed by atoms with Gasteiger partial charge in [0.1, 0.15) is 10.7 Å². The van der Waals surface area contributed by atoms with E-state index < -0.39 is 0 Å². The average molecular weight is 256 g/mol. The Bertz CT molecular complexity index is 412. The Morgan fingerprint density at radius 1 is 1.44 bits per heavy atom. The third kappa shape index (κ3) is 2.55. The van der Waals surface area contributed by atoms with Crippen molar-refractivity contribution < 1.29 is 4.74 Å². The lowest BCUT2D eigenvalue weighted by Gasteiger charge is -1.91. The molecule has 0 fully saturated rings. The van der Waals surface area contributed by atoms with Crippen molar-refractivity contribution in [3.63, 3.8) is 0 Å². The molecular formula is C9H12N4OS2. The van der Waals surface area contributed by atoms with E-state index in [9.17, 15) is 0 Å². The Balaban J connectivity index is 2.14. The zero-order valence-corrected chi connectivity index (χ0v) is 10.7. The number of anilines is 1. The summed E-state index contributed by atoms with van der Waals surface area (Å²) >= 11 is 3.09. The van der Waals surface area contributed by atoms with E-state index >= 15 is 0 Å². The number of ether oxygens (including phenoxy) is 1. The molecule has 0 aliphatic heterocycles. The second-order valence-electron chi connectivity index (χ2n) is 3.00. The number of rotatable bonds is 5. The zero-order valence-electron chi connectivity index (χ0n) is 9.06. The van der Waals surface area contributed by atoms with Crippen LogP contribution in [0.25, 0.3) is 10.7 Å². The predicted octanol–water partition coefficient (Wildman–Crippen LogP) is 2.24. The monoisotopic (exact) mass is 256 g/mol. The van der Waals surface area contributed by atoms with Crippen LogP contribution in [0.3, 0.4) is 0 Å². The van der Waals surface area contributed by atoms with Gasteiger partial charge < -0.3 is 10.1 Å². The lowest BCUT2D eigenvalue weighted by Crippen LogP contribution is -1.94. The van der Waals surface area contributed by atoms with E-state index in [4.69, 9.17) is 4.74 Å². The van der Waals surface area contributed by atoms with Crippen LogP contribution in [0.15, 0.2) is 5.38 Å². The summed E-state index contributed by atoms with van der Waals surface area (Å²) in [5.74, 6) is 0. The van der Waals surface area contributed by atoms with Gasteiger partial charge in [-0.15, -0.1) is 21.5 Å². The number of nitrogens with one attached hydrogen (secondary N) is 1. The molecule has 2 rings (SSSR count). The van der Waals surface area contributed by atoms with Crippen LogP contribution >= 0.6 is 22.7 Å². The highest BCUT2D eigenvalue weighted by atomic mass is 32.1. The highest BCUT2D eigenvalue weighted by Gasteiger charge is 2.09. The maximum Gasteiger partial charge on any atom is 0.206 e. The van der Waals surface area contributed by atoms with Crippen LogP contribution < -0.4 is 5.32 Å². The number of hydrogen-bond acceptors (Lipinski definition) is 7. The van der Waals surface area contributed by atoms with E-state index in [2.05, 4.69) is 20.5 Å². The normalized spacial score (nSPS) is 10.6. The highest BCUT2D eigenvalue weighted by Crippen LogP contribution is 2.27. The summed E-state index contributed by atoms with van der Waals surface area (Å²) in [6.07, 6.45) is 0. The van der Waals surface area contributed by atoms with Gasteiger partial charge in [0, 0.05) is 19.0 Å². The standard InChI is InChI=1S/C9H12N4OS2/c1-3-10-9-13-12-8(16-9)6-5-15-7(11-6)4-14-2/h5H,3-4H2,1-2H3,(H,10,13). The molecule has 0 aliphatic rings. The topological polar surface area (TPSA) is 59.9 Å². The Kier molecular flexibility index (Phi) is 3.81. The van der Waals surface area contributed by atoms with Gasteiger partial charge in [0.15, 0.2) is 5.01 Å². The van der Waals surface area contributed by atoms with Crippen molar-refractivity contribution >= 4 is 27.8 Å². The Morgan fingerprint density at radius 2 is 2.31 bits per heavy atom. The van der Waals surface area contributed by atoms with E-state index in [-0.39, 0.29) is 0 Å². The minimum atomic E-state index is 0.545. The fourth-order valence-electron chi connectivity index (χ4n) is 1.15. The predicted molar refractivity (Wildman–Crippen MR) is 65.9 cm³/mol. The lowest BCUT2D eigenvalue weighted by atomic mass is 10.5. The first-order valence-electron chi connectivity index (χ1n) is 4.84. The summed E-state index contributed by atoms with van der Waals surface area (Å²) in [4.78, 5) is 4.42. The lowest BCUT2D eigenvalue weighted by molar-refractivity contribution is 0.184. The van der Waals surface area contributed by atoms with Gasteiger partial charge in [0.25, 0.3) is 0 Å². The first kappa shape index (κ1) is 11.4. The molecule has 0 bridgehead atoms. The molecule has 0 aromatic carbocycles. The van der Waals surface area contributed by atoms with Crippen molar-refractivity contribution in [2.24, 2.45) is 0 Å². The molecule has 1 N–H and O–H groups in total. The molecule has 0 aliphatic carbocycles. The molecule has 2 aromatic rings. The minimum absolute atomic E-state index is 0.545. The summed E-state index contributed by atoms with van der Waals surface area (Å²) in [6.45, 7) is 3.42. The van der Waals surface area contributed by atoms with Gasteiger partial charge >= 0.3 is 0 Å². The van der Waals surface area contributed by atoms with E-state index in [0.717, 1.165) is 27.4 Å². The number of aromatic nitrogens is 3. The van der Waals surface area contributed by atoms with Crippen LogP contribution in [-0.2, 0) is 11.3 Å². The van der Waals surface area contributed by atoms with Gasteiger partial charge in [-0.25, -0.2) is 4.98 Å². The third-order valence-corrected chi connectivity index (χ3v) is 3.52. The molecule has 0 saturated carbocycles. The van der Waals surface area contributed by atoms with Crippen LogP contribution in [-0.4, -0.2) is 28.8 Å². The van der Waals surface area contributed by atoms with Gasteiger partial charge in [-0.1, -0.05) is 11.3 Å². The van der Waals surface area contributed by atoms with Gasteiger partial charge in [-0.05, 0) is 6.92 Å². The van der Waals surface area contributed by atoms with E-state index in [1.807, 2.05) is 12.3 Å². The van der Waals surface area contributed by atoms with Crippen molar-refractivity contribution in [2.45, 2.75) is 13.5 Å². The third-order valence-electron chi connectivity index (χ3n) is 1.79. The van der Waals surface area contributed by atoms with Crippen molar-refractivity contribution in [1.82, 2.24) is 15.2 Å². The molecule has 16 heavy (non-hydrogen) atoms. The Morgan fingerprint density at radius 3 is 3.06 bits per heavy atom.